The minimum atomic E-state index is -4.93. The van der Waals surface area contributed by atoms with Gasteiger partial charge in [-0.1, -0.05) is 12.1 Å². The van der Waals surface area contributed by atoms with Crippen molar-refractivity contribution in [3.63, 3.8) is 0 Å². The first-order valence-electron chi connectivity index (χ1n) is 10.2. The lowest BCUT2D eigenvalue weighted by molar-refractivity contribution is -0.388. The molecule has 1 amide bonds. The maximum Gasteiger partial charge on any atom is 0.423 e. The quantitative estimate of drug-likeness (QED) is 0.359. The minimum absolute atomic E-state index is 0.00795. The van der Waals surface area contributed by atoms with Crippen LogP contribution in [0.1, 0.15) is 25.0 Å². The zero-order valence-electron chi connectivity index (χ0n) is 18.0. The van der Waals surface area contributed by atoms with Gasteiger partial charge in [0.15, 0.2) is 6.61 Å². The molecule has 0 saturated carbocycles. The maximum absolute atomic E-state index is 13.1. The molecular weight excluding hydrogens is 446 g/mol. The Morgan fingerprint density at radius 1 is 1.12 bits per heavy atom. The highest BCUT2D eigenvalue weighted by atomic mass is 19.4. The smallest absolute Gasteiger partial charge is 0.423 e. The Morgan fingerprint density at radius 2 is 1.79 bits per heavy atom. The summed E-state index contributed by atoms with van der Waals surface area (Å²) in [5, 5.41) is 10.9. The van der Waals surface area contributed by atoms with Crippen LogP contribution in [-0.4, -0.2) is 52.4 Å². The van der Waals surface area contributed by atoms with Crippen LogP contribution in [-0.2, 0) is 17.5 Å². The third-order valence-electron chi connectivity index (χ3n) is 5.57. The van der Waals surface area contributed by atoms with Crippen molar-refractivity contribution in [2.24, 2.45) is 0 Å². The van der Waals surface area contributed by atoms with Gasteiger partial charge in [0.05, 0.1) is 4.92 Å². The van der Waals surface area contributed by atoms with Crippen molar-refractivity contribution in [2.45, 2.75) is 38.7 Å². The molecule has 0 radical (unpaired) electrons. The second-order valence-electron chi connectivity index (χ2n) is 8.02. The maximum atomic E-state index is 13.1. The van der Waals surface area contributed by atoms with E-state index in [1.165, 1.54) is 12.1 Å². The Hall–Kier alpha value is -3.21. The third kappa shape index (κ3) is 5.98. The first-order valence-corrected chi connectivity index (χ1v) is 10.2. The molecule has 0 bridgehead atoms. The molecule has 178 valence electrons. The fraction of sp³-hybridized carbons (Fsp3) is 0.409. The molecule has 33 heavy (non-hydrogen) atoms. The van der Waals surface area contributed by atoms with Crippen LogP contribution in [0.5, 0.6) is 5.75 Å². The average molecular weight is 469 g/mol. The molecule has 1 aliphatic heterocycles. The number of hydrogen-bond acceptors (Lipinski definition) is 5. The summed E-state index contributed by atoms with van der Waals surface area (Å²) in [5.74, 6) is -0.995. The molecule has 1 fully saturated rings. The Balaban J connectivity index is 1.62. The highest BCUT2D eigenvalue weighted by molar-refractivity contribution is 5.78. The highest BCUT2D eigenvalue weighted by Crippen LogP contribution is 2.38. The number of nitro benzene ring substituents is 1. The fourth-order valence-corrected chi connectivity index (χ4v) is 3.81. The van der Waals surface area contributed by atoms with Crippen molar-refractivity contribution in [2.75, 3.05) is 19.7 Å². The molecule has 2 unspecified atom stereocenters. The van der Waals surface area contributed by atoms with Gasteiger partial charge in [-0.15, -0.1) is 0 Å². The van der Waals surface area contributed by atoms with Gasteiger partial charge in [0.2, 0.25) is 0 Å². The molecule has 0 N–H and O–H groups in total. The summed E-state index contributed by atoms with van der Waals surface area (Å²) in [6.45, 7) is 4.84. The minimum Gasteiger partial charge on any atom is -0.484 e. The summed E-state index contributed by atoms with van der Waals surface area (Å²) in [6, 6.07) is 8.28. The van der Waals surface area contributed by atoms with Gasteiger partial charge in [-0.2, -0.15) is 13.2 Å². The van der Waals surface area contributed by atoms with E-state index in [9.17, 15) is 32.5 Å². The van der Waals surface area contributed by atoms with Crippen LogP contribution in [0.3, 0.4) is 0 Å². The predicted octanol–water partition coefficient (Wildman–Crippen LogP) is 4.25. The lowest BCUT2D eigenvalue weighted by atomic mass is 10.1. The Labute approximate surface area is 187 Å². The van der Waals surface area contributed by atoms with Crippen LogP contribution in [0, 0.1) is 15.9 Å². The van der Waals surface area contributed by atoms with Crippen molar-refractivity contribution in [3.05, 3.63) is 69.5 Å². The van der Waals surface area contributed by atoms with E-state index in [0.29, 0.717) is 31.8 Å². The number of hydrogen-bond donors (Lipinski definition) is 0. The van der Waals surface area contributed by atoms with Gasteiger partial charge >= 0.3 is 6.18 Å². The first kappa shape index (κ1) is 24.4. The number of amides is 1. The lowest BCUT2D eigenvalue weighted by Crippen LogP contribution is -2.58. The van der Waals surface area contributed by atoms with Gasteiger partial charge < -0.3 is 9.64 Å². The number of carbonyl (C=O) groups excluding carboxylic acids is 1. The molecule has 0 aromatic heterocycles. The Bertz CT molecular complexity index is 1010. The second kappa shape index (κ2) is 9.74. The summed E-state index contributed by atoms with van der Waals surface area (Å²) >= 11 is 0. The summed E-state index contributed by atoms with van der Waals surface area (Å²) < 4.78 is 57.7. The number of piperazine rings is 1. The number of carbonyl (C=O) groups is 1. The lowest BCUT2D eigenvalue weighted by Gasteiger charge is -2.44. The Morgan fingerprint density at radius 3 is 2.39 bits per heavy atom. The zero-order chi connectivity index (χ0) is 24.3. The van der Waals surface area contributed by atoms with Gasteiger partial charge in [0, 0.05) is 37.8 Å². The number of halogens is 4. The van der Waals surface area contributed by atoms with E-state index < -0.39 is 34.9 Å². The molecule has 0 aliphatic carbocycles. The number of ether oxygens (including phenoxy) is 1. The number of rotatable bonds is 6. The van der Waals surface area contributed by atoms with E-state index in [0.717, 1.165) is 11.6 Å². The normalized spacial score (nSPS) is 19.4. The fourth-order valence-electron chi connectivity index (χ4n) is 3.81. The van der Waals surface area contributed by atoms with Crippen molar-refractivity contribution in [1.29, 1.82) is 0 Å². The van der Waals surface area contributed by atoms with Gasteiger partial charge in [-0.05, 0) is 43.7 Å². The second-order valence-corrected chi connectivity index (χ2v) is 8.02. The molecule has 2 atom stereocenters. The van der Waals surface area contributed by atoms with Gasteiger partial charge in [0.1, 0.15) is 17.1 Å². The molecule has 7 nitrogen and oxygen atoms in total. The standard InChI is InChI=1S/C22H23F4N3O4/c1-14-11-28(15(2)10-27(14)12-16-3-5-17(23)6-4-16)21(30)13-33-18-7-8-20(29(31)32)19(9-18)22(24,25)26/h3-9,14-15H,10-13H2,1-2H3. The third-order valence-corrected chi connectivity index (χ3v) is 5.57. The van der Waals surface area contributed by atoms with Crippen LogP contribution in [0.25, 0.3) is 0 Å². The average Bonchev–Trinajstić information content (AvgIpc) is 2.75. The van der Waals surface area contributed by atoms with E-state index >= 15 is 0 Å². The SMILES string of the molecule is CC1CN(C(=O)COc2ccc([N+](=O)[O-])c(C(F)(F)F)c2)C(C)CN1Cc1ccc(F)cc1. The first-order chi connectivity index (χ1) is 15.5. The molecule has 2 aromatic carbocycles. The molecule has 0 spiro atoms. The van der Waals surface area contributed by atoms with Gasteiger partial charge in [-0.25, -0.2) is 4.39 Å². The van der Waals surface area contributed by atoms with Crippen molar-refractivity contribution in [1.82, 2.24) is 9.80 Å². The molecule has 3 rings (SSSR count). The predicted molar refractivity (Wildman–Crippen MR) is 111 cm³/mol. The van der Waals surface area contributed by atoms with Crippen molar-refractivity contribution in [3.8, 4) is 5.75 Å². The van der Waals surface area contributed by atoms with E-state index in [1.807, 2.05) is 13.8 Å². The zero-order valence-corrected chi connectivity index (χ0v) is 18.0. The van der Waals surface area contributed by atoms with Crippen molar-refractivity contribution >= 4 is 11.6 Å². The van der Waals surface area contributed by atoms with Crippen LogP contribution in [0.4, 0.5) is 23.2 Å². The number of benzene rings is 2. The molecule has 1 saturated heterocycles. The highest BCUT2D eigenvalue weighted by Gasteiger charge is 2.39. The van der Waals surface area contributed by atoms with E-state index in [4.69, 9.17) is 4.74 Å². The topological polar surface area (TPSA) is 75.9 Å². The van der Waals surface area contributed by atoms with Crippen LogP contribution in [0.15, 0.2) is 42.5 Å². The molecule has 1 heterocycles. The molecule has 11 heteroatoms. The van der Waals surface area contributed by atoms with Crippen LogP contribution < -0.4 is 4.74 Å². The number of nitrogens with zero attached hydrogens (tertiary/aromatic N) is 3. The summed E-state index contributed by atoms with van der Waals surface area (Å²) in [5.41, 5.74) is -1.58. The largest absolute Gasteiger partial charge is 0.484 e. The van der Waals surface area contributed by atoms with E-state index in [2.05, 4.69) is 4.90 Å². The van der Waals surface area contributed by atoms with Crippen LogP contribution in [0.2, 0.25) is 0 Å². The summed E-state index contributed by atoms with van der Waals surface area (Å²) in [6.07, 6.45) is -4.93. The van der Waals surface area contributed by atoms with Crippen molar-refractivity contribution < 1.29 is 32.0 Å². The molecular formula is C22H23F4N3O4. The Kier molecular flexibility index (Phi) is 7.21. The van der Waals surface area contributed by atoms with Gasteiger partial charge in [0.25, 0.3) is 11.6 Å². The summed E-state index contributed by atoms with van der Waals surface area (Å²) in [7, 11) is 0. The van der Waals surface area contributed by atoms with E-state index in [1.54, 1.807) is 17.0 Å². The van der Waals surface area contributed by atoms with Gasteiger partial charge in [-0.3, -0.25) is 19.8 Å². The van der Waals surface area contributed by atoms with Crippen LogP contribution >= 0.6 is 0 Å². The molecule has 2 aromatic rings. The van der Waals surface area contributed by atoms with E-state index in [-0.39, 0.29) is 23.7 Å². The monoisotopic (exact) mass is 469 g/mol. The summed E-state index contributed by atoms with van der Waals surface area (Å²) in [4.78, 5) is 26.2. The number of alkyl halides is 3. The molecule has 1 aliphatic rings. The number of nitro groups is 1.